The zero-order valence-electron chi connectivity index (χ0n) is 17.4. The van der Waals surface area contributed by atoms with Crippen molar-refractivity contribution in [3.8, 4) is 16.9 Å². The first-order chi connectivity index (χ1) is 15.1. The van der Waals surface area contributed by atoms with E-state index >= 15 is 0 Å². The zero-order chi connectivity index (χ0) is 21.0. The standard InChI is InChI=1S/C26H26FN3O/c27-22-9-5-4-8-21(22)23-13-24(30(29-23)20-6-2-1-3-7-20)28-25(31)26-14-17-10-18(15-26)12-19(11-17)16-26/h1-9,13,17-19H,10-12,14-16H2,(H,28,31). The predicted octanol–water partition coefficient (Wildman–Crippen LogP) is 5.83. The Morgan fingerprint density at radius 1 is 0.935 bits per heavy atom. The molecule has 1 amide bonds. The molecular formula is C26H26FN3O. The minimum absolute atomic E-state index is 0.115. The lowest BCUT2D eigenvalue weighted by atomic mass is 9.49. The maximum atomic E-state index is 14.4. The molecule has 0 radical (unpaired) electrons. The van der Waals surface area contributed by atoms with Gasteiger partial charge in [-0.15, -0.1) is 0 Å². The van der Waals surface area contributed by atoms with E-state index in [9.17, 15) is 9.18 Å². The number of anilines is 1. The van der Waals surface area contributed by atoms with Gasteiger partial charge in [0.2, 0.25) is 5.91 Å². The van der Waals surface area contributed by atoms with Crippen LogP contribution in [-0.4, -0.2) is 15.7 Å². The summed E-state index contributed by atoms with van der Waals surface area (Å²) in [7, 11) is 0. The minimum atomic E-state index is -0.320. The van der Waals surface area contributed by atoms with Crippen molar-refractivity contribution < 1.29 is 9.18 Å². The average Bonchev–Trinajstić information content (AvgIpc) is 3.17. The highest BCUT2D eigenvalue weighted by molar-refractivity contribution is 5.95. The third kappa shape index (κ3) is 3.18. The number of para-hydroxylation sites is 1. The fraction of sp³-hybridized carbons (Fsp3) is 0.385. The predicted molar refractivity (Wildman–Crippen MR) is 118 cm³/mol. The van der Waals surface area contributed by atoms with Crippen LogP contribution in [0.25, 0.3) is 16.9 Å². The Kier molecular flexibility index (Phi) is 4.27. The highest BCUT2D eigenvalue weighted by atomic mass is 19.1. The van der Waals surface area contributed by atoms with Gasteiger partial charge in [0.1, 0.15) is 11.6 Å². The van der Waals surface area contributed by atoms with Gasteiger partial charge in [0.15, 0.2) is 0 Å². The van der Waals surface area contributed by atoms with Gasteiger partial charge in [-0.2, -0.15) is 5.10 Å². The van der Waals surface area contributed by atoms with Gasteiger partial charge in [-0.1, -0.05) is 30.3 Å². The van der Waals surface area contributed by atoms with Crippen LogP contribution in [0.4, 0.5) is 10.2 Å². The van der Waals surface area contributed by atoms with E-state index in [0.717, 1.165) is 24.9 Å². The largest absolute Gasteiger partial charge is 0.310 e. The Morgan fingerprint density at radius 2 is 1.55 bits per heavy atom. The van der Waals surface area contributed by atoms with Crippen LogP contribution in [-0.2, 0) is 4.79 Å². The smallest absolute Gasteiger partial charge is 0.231 e. The van der Waals surface area contributed by atoms with E-state index in [1.54, 1.807) is 28.9 Å². The molecule has 4 aliphatic rings. The molecule has 1 N–H and O–H groups in total. The zero-order valence-corrected chi connectivity index (χ0v) is 17.4. The molecular weight excluding hydrogens is 389 g/mol. The Hall–Kier alpha value is -2.95. The molecule has 4 fully saturated rings. The number of benzene rings is 2. The van der Waals surface area contributed by atoms with Crippen LogP contribution in [0.3, 0.4) is 0 Å². The van der Waals surface area contributed by atoms with Crippen LogP contribution in [0.1, 0.15) is 38.5 Å². The molecule has 4 nitrogen and oxygen atoms in total. The topological polar surface area (TPSA) is 46.9 Å². The highest BCUT2D eigenvalue weighted by Gasteiger charge is 2.54. The molecule has 4 bridgehead atoms. The van der Waals surface area contributed by atoms with Crippen molar-refractivity contribution in [3.05, 3.63) is 66.5 Å². The summed E-state index contributed by atoms with van der Waals surface area (Å²) < 4.78 is 16.2. The van der Waals surface area contributed by atoms with E-state index in [2.05, 4.69) is 10.4 Å². The third-order valence-corrected chi connectivity index (χ3v) is 7.62. The Balaban J connectivity index is 1.37. The second-order valence-electron chi connectivity index (χ2n) is 9.79. The van der Waals surface area contributed by atoms with E-state index in [1.807, 2.05) is 30.3 Å². The molecule has 1 heterocycles. The molecule has 7 rings (SSSR count). The average molecular weight is 416 g/mol. The second kappa shape index (κ2) is 7.04. The molecule has 0 saturated heterocycles. The van der Waals surface area contributed by atoms with Crippen molar-refractivity contribution in [2.75, 3.05) is 5.32 Å². The summed E-state index contributed by atoms with van der Waals surface area (Å²) in [5.41, 5.74) is 1.54. The van der Waals surface area contributed by atoms with Crippen LogP contribution >= 0.6 is 0 Å². The number of carbonyl (C=O) groups is 1. The third-order valence-electron chi connectivity index (χ3n) is 7.62. The van der Waals surface area contributed by atoms with Crippen molar-refractivity contribution in [1.29, 1.82) is 0 Å². The summed E-state index contributed by atoms with van der Waals surface area (Å²) in [6, 6.07) is 18.1. The van der Waals surface area contributed by atoms with E-state index in [1.165, 1.54) is 25.3 Å². The highest BCUT2D eigenvalue weighted by Crippen LogP contribution is 2.60. The molecule has 0 aliphatic heterocycles. The lowest BCUT2D eigenvalue weighted by Gasteiger charge is -2.55. The Bertz CT molecular complexity index is 1100. The van der Waals surface area contributed by atoms with E-state index in [0.29, 0.717) is 34.8 Å². The quantitative estimate of drug-likeness (QED) is 0.582. The monoisotopic (exact) mass is 415 g/mol. The molecule has 4 saturated carbocycles. The molecule has 0 atom stereocenters. The van der Waals surface area contributed by atoms with Gasteiger partial charge in [-0.05, 0) is 80.5 Å². The van der Waals surface area contributed by atoms with Gasteiger partial charge in [0.25, 0.3) is 0 Å². The van der Waals surface area contributed by atoms with Crippen LogP contribution in [0, 0.1) is 29.0 Å². The van der Waals surface area contributed by atoms with Gasteiger partial charge in [0, 0.05) is 11.6 Å². The maximum Gasteiger partial charge on any atom is 0.231 e. The number of aromatic nitrogens is 2. The number of nitrogens with zero attached hydrogens (tertiary/aromatic N) is 2. The van der Waals surface area contributed by atoms with E-state index in [4.69, 9.17) is 0 Å². The van der Waals surface area contributed by atoms with Crippen LogP contribution in [0.2, 0.25) is 0 Å². The first kappa shape index (κ1) is 18.8. The van der Waals surface area contributed by atoms with Crippen LogP contribution in [0.5, 0.6) is 0 Å². The SMILES string of the molecule is O=C(Nc1cc(-c2ccccc2F)nn1-c1ccccc1)C12CC3CC(CC(C3)C1)C2. The molecule has 31 heavy (non-hydrogen) atoms. The fourth-order valence-corrected chi connectivity index (χ4v) is 6.67. The summed E-state index contributed by atoms with van der Waals surface area (Å²) in [5, 5.41) is 7.89. The van der Waals surface area contributed by atoms with Crippen LogP contribution < -0.4 is 5.32 Å². The van der Waals surface area contributed by atoms with E-state index < -0.39 is 0 Å². The van der Waals surface area contributed by atoms with Gasteiger partial charge in [-0.25, -0.2) is 9.07 Å². The van der Waals surface area contributed by atoms with Crippen molar-refractivity contribution in [1.82, 2.24) is 9.78 Å². The number of hydrogen-bond donors (Lipinski definition) is 1. The molecule has 0 spiro atoms. The summed E-state index contributed by atoms with van der Waals surface area (Å²) in [4.78, 5) is 13.6. The Morgan fingerprint density at radius 3 is 2.19 bits per heavy atom. The van der Waals surface area contributed by atoms with Gasteiger partial charge in [-0.3, -0.25) is 4.79 Å². The molecule has 3 aromatic rings. The molecule has 1 aromatic heterocycles. The molecule has 158 valence electrons. The fourth-order valence-electron chi connectivity index (χ4n) is 6.67. The number of amides is 1. The first-order valence-corrected chi connectivity index (χ1v) is 11.3. The Labute approximate surface area is 181 Å². The lowest BCUT2D eigenvalue weighted by Crippen LogP contribution is -2.51. The molecule has 2 aromatic carbocycles. The minimum Gasteiger partial charge on any atom is -0.310 e. The van der Waals surface area contributed by atoms with Gasteiger partial charge >= 0.3 is 0 Å². The number of nitrogens with one attached hydrogen (secondary N) is 1. The number of halogens is 1. The van der Waals surface area contributed by atoms with Crippen molar-refractivity contribution >= 4 is 11.7 Å². The first-order valence-electron chi connectivity index (χ1n) is 11.3. The lowest BCUT2D eigenvalue weighted by molar-refractivity contribution is -0.140. The summed E-state index contributed by atoms with van der Waals surface area (Å²) in [6.45, 7) is 0. The summed E-state index contributed by atoms with van der Waals surface area (Å²) >= 11 is 0. The second-order valence-corrected chi connectivity index (χ2v) is 9.79. The normalized spacial score (nSPS) is 28.6. The summed E-state index contributed by atoms with van der Waals surface area (Å²) in [6.07, 6.45) is 6.91. The van der Waals surface area contributed by atoms with Crippen LogP contribution in [0.15, 0.2) is 60.7 Å². The molecule has 0 unspecified atom stereocenters. The number of hydrogen-bond acceptors (Lipinski definition) is 2. The van der Waals surface area contributed by atoms with Crippen molar-refractivity contribution in [2.45, 2.75) is 38.5 Å². The molecule has 4 aliphatic carbocycles. The van der Waals surface area contributed by atoms with Gasteiger partial charge < -0.3 is 5.32 Å². The molecule has 5 heteroatoms. The summed E-state index contributed by atoms with van der Waals surface area (Å²) in [5.74, 6) is 2.49. The maximum absolute atomic E-state index is 14.4. The number of carbonyl (C=O) groups excluding carboxylic acids is 1. The number of rotatable bonds is 4. The van der Waals surface area contributed by atoms with E-state index in [-0.39, 0.29) is 17.1 Å². The van der Waals surface area contributed by atoms with Crippen molar-refractivity contribution in [3.63, 3.8) is 0 Å². The van der Waals surface area contributed by atoms with Crippen molar-refractivity contribution in [2.24, 2.45) is 23.2 Å². The van der Waals surface area contributed by atoms with Gasteiger partial charge in [0.05, 0.1) is 16.8 Å².